The number of carbonyl (C=O) groups excluding carboxylic acids is 1. The minimum Gasteiger partial charge on any atom is -0.484 e. The number of aromatic nitrogens is 1. The van der Waals surface area contributed by atoms with Gasteiger partial charge in [-0.25, -0.2) is 4.98 Å². The molecule has 2 heterocycles. The Morgan fingerprint density at radius 3 is 2.69 bits per heavy atom. The molecular formula is C19H24N2O2S3. The number of nitrogens with one attached hydrogen (secondary N) is 1. The van der Waals surface area contributed by atoms with Gasteiger partial charge in [-0.15, -0.1) is 34.9 Å². The molecule has 1 N–H and O–H groups in total. The zero-order valence-corrected chi connectivity index (χ0v) is 17.5. The Labute approximate surface area is 167 Å². The van der Waals surface area contributed by atoms with Gasteiger partial charge in [0.1, 0.15) is 5.75 Å². The van der Waals surface area contributed by atoms with Crippen molar-refractivity contribution in [2.24, 2.45) is 0 Å². The first-order valence-electron chi connectivity index (χ1n) is 8.85. The van der Waals surface area contributed by atoms with Crippen LogP contribution in [-0.4, -0.2) is 29.0 Å². The first-order chi connectivity index (χ1) is 12.7. The van der Waals surface area contributed by atoms with E-state index in [-0.39, 0.29) is 18.6 Å². The number of aryl methyl sites for hydroxylation is 1. The summed E-state index contributed by atoms with van der Waals surface area (Å²) in [4.78, 5) is 16.6. The van der Waals surface area contributed by atoms with Gasteiger partial charge in [-0.1, -0.05) is 19.1 Å². The maximum atomic E-state index is 12.1. The summed E-state index contributed by atoms with van der Waals surface area (Å²) in [7, 11) is 0. The number of nitrogens with zero attached hydrogens (tertiary/aromatic N) is 1. The van der Waals surface area contributed by atoms with Crippen LogP contribution in [0.25, 0.3) is 0 Å². The zero-order valence-electron chi connectivity index (χ0n) is 15.1. The lowest BCUT2D eigenvalue weighted by Crippen LogP contribution is -2.31. The summed E-state index contributed by atoms with van der Waals surface area (Å²) in [5.74, 6) is 3.05. The van der Waals surface area contributed by atoms with Crippen LogP contribution in [-0.2, 0) is 11.2 Å². The fraction of sp³-hybridized carbons (Fsp3) is 0.474. The standard InChI is InChI=1S/C19H24N2O2S3/c1-3-18-21-16(12-26-18)13(2)20-17(22)11-23-15-7-5-14(6-8-15)19-24-9-4-10-25-19/h5-8,12-13,19H,3-4,9-11H2,1-2H3,(H,20,22). The maximum Gasteiger partial charge on any atom is 0.258 e. The summed E-state index contributed by atoms with van der Waals surface area (Å²) in [6.45, 7) is 4.04. The summed E-state index contributed by atoms with van der Waals surface area (Å²) in [6, 6.07) is 8.01. The van der Waals surface area contributed by atoms with E-state index in [1.807, 2.05) is 48.0 Å². The lowest BCUT2D eigenvalue weighted by Gasteiger charge is -2.21. The molecule has 1 atom stereocenters. The smallest absolute Gasteiger partial charge is 0.258 e. The second-order valence-corrected chi connectivity index (χ2v) is 9.76. The Morgan fingerprint density at radius 1 is 1.31 bits per heavy atom. The SMILES string of the molecule is CCc1nc(C(C)NC(=O)COc2ccc(C3SCCCS3)cc2)cs1. The van der Waals surface area contributed by atoms with E-state index in [4.69, 9.17) is 4.74 Å². The monoisotopic (exact) mass is 408 g/mol. The topological polar surface area (TPSA) is 51.2 Å². The van der Waals surface area contributed by atoms with Crippen molar-refractivity contribution < 1.29 is 9.53 Å². The fourth-order valence-electron chi connectivity index (χ4n) is 2.59. The van der Waals surface area contributed by atoms with Gasteiger partial charge in [0.05, 0.1) is 21.3 Å². The third-order valence-electron chi connectivity index (χ3n) is 4.04. The minimum atomic E-state index is -0.133. The van der Waals surface area contributed by atoms with E-state index < -0.39 is 0 Å². The van der Waals surface area contributed by atoms with Crippen molar-refractivity contribution in [2.45, 2.75) is 37.3 Å². The van der Waals surface area contributed by atoms with Crippen molar-refractivity contribution in [2.75, 3.05) is 18.1 Å². The lowest BCUT2D eigenvalue weighted by atomic mass is 10.2. The number of amides is 1. The molecule has 2 aromatic rings. The van der Waals surface area contributed by atoms with Crippen molar-refractivity contribution in [1.82, 2.24) is 10.3 Å². The molecule has 26 heavy (non-hydrogen) atoms. The van der Waals surface area contributed by atoms with E-state index in [0.717, 1.165) is 22.9 Å². The van der Waals surface area contributed by atoms with Gasteiger partial charge >= 0.3 is 0 Å². The van der Waals surface area contributed by atoms with Crippen LogP contribution in [0.2, 0.25) is 0 Å². The molecule has 7 heteroatoms. The minimum absolute atomic E-state index is 0.0153. The molecule has 0 bridgehead atoms. The first kappa shape index (κ1) is 19.6. The lowest BCUT2D eigenvalue weighted by molar-refractivity contribution is -0.123. The average molecular weight is 409 g/mol. The van der Waals surface area contributed by atoms with Gasteiger partial charge in [0.2, 0.25) is 0 Å². The summed E-state index contributed by atoms with van der Waals surface area (Å²) in [5, 5.41) is 6.03. The van der Waals surface area contributed by atoms with Gasteiger partial charge < -0.3 is 10.1 Å². The average Bonchev–Trinajstić information content (AvgIpc) is 3.17. The first-order valence-corrected chi connectivity index (χ1v) is 11.8. The Hall–Kier alpha value is -1.18. The predicted molar refractivity (Wildman–Crippen MR) is 112 cm³/mol. The van der Waals surface area contributed by atoms with Crippen LogP contribution in [0.5, 0.6) is 5.75 Å². The zero-order chi connectivity index (χ0) is 18.4. The summed E-state index contributed by atoms with van der Waals surface area (Å²) in [5.41, 5.74) is 2.23. The highest BCUT2D eigenvalue weighted by Gasteiger charge is 2.17. The van der Waals surface area contributed by atoms with E-state index >= 15 is 0 Å². The normalized spacial score (nSPS) is 16.2. The predicted octanol–water partition coefficient (Wildman–Crippen LogP) is 4.83. The number of thiazole rings is 1. The van der Waals surface area contributed by atoms with E-state index in [2.05, 4.69) is 29.4 Å². The van der Waals surface area contributed by atoms with Crippen LogP contribution >= 0.6 is 34.9 Å². The maximum absolute atomic E-state index is 12.1. The van der Waals surface area contributed by atoms with Gasteiger partial charge in [0.25, 0.3) is 5.91 Å². The highest BCUT2D eigenvalue weighted by molar-refractivity contribution is 8.16. The molecule has 0 spiro atoms. The molecule has 1 amide bonds. The molecule has 1 fully saturated rings. The Balaban J connectivity index is 1.46. The molecule has 1 aromatic heterocycles. The molecule has 1 aromatic carbocycles. The number of carbonyl (C=O) groups is 1. The fourth-order valence-corrected chi connectivity index (χ4v) is 6.33. The molecule has 0 saturated carbocycles. The molecular weight excluding hydrogens is 384 g/mol. The number of rotatable bonds is 7. The van der Waals surface area contributed by atoms with Crippen molar-refractivity contribution in [1.29, 1.82) is 0 Å². The van der Waals surface area contributed by atoms with Crippen LogP contribution in [0, 0.1) is 0 Å². The van der Waals surface area contributed by atoms with Crippen molar-refractivity contribution in [3.63, 3.8) is 0 Å². The summed E-state index contributed by atoms with van der Waals surface area (Å²) in [6.07, 6.45) is 2.21. The quantitative estimate of drug-likeness (QED) is 0.711. The largest absolute Gasteiger partial charge is 0.484 e. The Morgan fingerprint density at radius 2 is 2.04 bits per heavy atom. The summed E-state index contributed by atoms with van der Waals surface area (Å²) >= 11 is 5.63. The molecule has 1 aliphatic rings. The molecule has 3 rings (SSSR count). The third kappa shape index (κ3) is 5.41. The molecule has 0 radical (unpaired) electrons. The van der Waals surface area contributed by atoms with Gasteiger partial charge in [0, 0.05) is 5.38 Å². The van der Waals surface area contributed by atoms with E-state index in [0.29, 0.717) is 4.58 Å². The van der Waals surface area contributed by atoms with Gasteiger partial charge in [0.15, 0.2) is 6.61 Å². The third-order valence-corrected chi connectivity index (χ3v) is 8.07. The van der Waals surface area contributed by atoms with E-state index in [1.165, 1.54) is 23.5 Å². The molecule has 1 aliphatic heterocycles. The molecule has 140 valence electrons. The number of benzene rings is 1. The summed E-state index contributed by atoms with van der Waals surface area (Å²) < 4.78 is 6.15. The Bertz CT molecular complexity index is 712. The second-order valence-electron chi connectivity index (χ2n) is 6.09. The Kier molecular flexibility index (Phi) is 7.28. The van der Waals surface area contributed by atoms with Crippen molar-refractivity contribution in [3.8, 4) is 5.75 Å². The van der Waals surface area contributed by atoms with E-state index in [9.17, 15) is 4.79 Å². The molecule has 1 unspecified atom stereocenters. The highest BCUT2D eigenvalue weighted by atomic mass is 32.2. The van der Waals surface area contributed by atoms with Crippen molar-refractivity contribution >= 4 is 40.8 Å². The second kappa shape index (κ2) is 9.67. The molecule has 4 nitrogen and oxygen atoms in total. The van der Waals surface area contributed by atoms with Gasteiger partial charge in [-0.2, -0.15) is 0 Å². The van der Waals surface area contributed by atoms with Crippen molar-refractivity contribution in [3.05, 3.63) is 45.9 Å². The highest BCUT2D eigenvalue weighted by Crippen LogP contribution is 2.43. The molecule has 0 aliphatic carbocycles. The van der Waals surface area contributed by atoms with Crippen LogP contribution in [0.4, 0.5) is 0 Å². The number of hydrogen-bond donors (Lipinski definition) is 1. The molecule has 1 saturated heterocycles. The van der Waals surface area contributed by atoms with Gasteiger partial charge in [-0.3, -0.25) is 4.79 Å². The number of thioether (sulfide) groups is 2. The van der Waals surface area contributed by atoms with Crippen LogP contribution in [0.15, 0.2) is 29.6 Å². The van der Waals surface area contributed by atoms with Crippen LogP contribution in [0.3, 0.4) is 0 Å². The van der Waals surface area contributed by atoms with Crippen LogP contribution < -0.4 is 10.1 Å². The number of hydrogen-bond acceptors (Lipinski definition) is 6. The number of ether oxygens (including phenoxy) is 1. The van der Waals surface area contributed by atoms with E-state index in [1.54, 1.807) is 11.3 Å². The van der Waals surface area contributed by atoms with Gasteiger partial charge in [-0.05, 0) is 49.0 Å². The van der Waals surface area contributed by atoms with Crippen LogP contribution in [0.1, 0.15) is 47.2 Å².